The molecule has 2 N–H and O–H groups in total. The molecule has 0 unspecified atom stereocenters. The van der Waals surface area contributed by atoms with Gasteiger partial charge in [-0.2, -0.15) is 0 Å². The lowest BCUT2D eigenvalue weighted by Crippen LogP contribution is -2.39. The molecular formula is C33H39N3O4S. The Morgan fingerprint density at radius 2 is 1.44 bits per heavy atom. The van der Waals surface area contributed by atoms with Crippen LogP contribution in [-0.4, -0.2) is 49.7 Å². The van der Waals surface area contributed by atoms with Crippen molar-refractivity contribution in [3.8, 4) is 11.1 Å². The van der Waals surface area contributed by atoms with Crippen LogP contribution in [0.3, 0.4) is 0 Å². The van der Waals surface area contributed by atoms with E-state index in [0.717, 1.165) is 53.6 Å². The quantitative estimate of drug-likeness (QED) is 0.336. The van der Waals surface area contributed by atoms with Crippen molar-refractivity contribution in [2.24, 2.45) is 5.92 Å². The lowest BCUT2D eigenvalue weighted by Gasteiger charge is -2.26. The molecule has 1 aliphatic heterocycles. The fourth-order valence-corrected chi connectivity index (χ4v) is 6.94. The highest BCUT2D eigenvalue weighted by Gasteiger charge is 2.22. The van der Waals surface area contributed by atoms with E-state index in [0.29, 0.717) is 30.9 Å². The van der Waals surface area contributed by atoms with Gasteiger partial charge in [-0.15, -0.1) is 0 Å². The van der Waals surface area contributed by atoms with Crippen LogP contribution < -0.4 is 10.6 Å². The molecule has 2 amide bonds. The molecule has 3 aromatic carbocycles. The molecule has 0 spiro atoms. The van der Waals surface area contributed by atoms with Crippen LogP contribution in [0.15, 0.2) is 66.7 Å². The molecule has 1 saturated heterocycles. The number of benzene rings is 3. The van der Waals surface area contributed by atoms with Crippen molar-refractivity contribution in [3.63, 3.8) is 0 Å². The summed E-state index contributed by atoms with van der Waals surface area (Å²) in [4.78, 5) is 27.9. The Kier molecular flexibility index (Phi) is 9.20. The molecule has 2 fully saturated rings. The van der Waals surface area contributed by atoms with E-state index < -0.39 is 9.84 Å². The predicted molar refractivity (Wildman–Crippen MR) is 165 cm³/mol. The minimum Gasteiger partial charge on any atom is -0.326 e. The second-order valence-corrected chi connectivity index (χ2v) is 13.7. The van der Waals surface area contributed by atoms with Gasteiger partial charge in [0.2, 0.25) is 5.91 Å². The summed E-state index contributed by atoms with van der Waals surface area (Å²) in [7, 11) is -2.89. The Morgan fingerprint density at radius 3 is 2.10 bits per heavy atom. The van der Waals surface area contributed by atoms with Gasteiger partial charge in [0.1, 0.15) is 0 Å². The van der Waals surface area contributed by atoms with Crippen molar-refractivity contribution >= 4 is 33.0 Å². The monoisotopic (exact) mass is 573 g/mol. The molecule has 5 rings (SSSR count). The fraction of sp³-hybridized carbons (Fsp3) is 0.394. The van der Waals surface area contributed by atoms with E-state index in [1.165, 1.54) is 12.8 Å². The minimum atomic E-state index is -2.89. The van der Waals surface area contributed by atoms with Crippen LogP contribution in [0.2, 0.25) is 0 Å². The first-order valence-corrected chi connectivity index (χ1v) is 16.4. The van der Waals surface area contributed by atoms with Gasteiger partial charge in [0.25, 0.3) is 5.91 Å². The molecule has 7 nitrogen and oxygen atoms in total. The zero-order chi connectivity index (χ0) is 28.8. The Balaban J connectivity index is 1.18. The van der Waals surface area contributed by atoms with Crippen molar-refractivity contribution in [2.45, 2.75) is 52.0 Å². The fourth-order valence-electron chi connectivity index (χ4n) is 5.66. The van der Waals surface area contributed by atoms with Crippen LogP contribution in [0.25, 0.3) is 11.1 Å². The van der Waals surface area contributed by atoms with E-state index in [4.69, 9.17) is 0 Å². The van der Waals surface area contributed by atoms with Crippen molar-refractivity contribution in [3.05, 3.63) is 83.4 Å². The van der Waals surface area contributed by atoms with Crippen LogP contribution >= 0.6 is 0 Å². The number of sulfone groups is 1. The first kappa shape index (κ1) is 29.0. The summed E-state index contributed by atoms with van der Waals surface area (Å²) >= 11 is 0. The van der Waals surface area contributed by atoms with Gasteiger partial charge in [0.05, 0.1) is 11.5 Å². The highest BCUT2D eigenvalue weighted by molar-refractivity contribution is 7.91. The molecule has 0 radical (unpaired) electrons. The molecule has 41 heavy (non-hydrogen) atoms. The summed E-state index contributed by atoms with van der Waals surface area (Å²) < 4.78 is 23.3. The SMILES string of the molecule is Cc1ccc(NC(=O)C2CCCCCC2)cc1-c1ccc(C(=O)Nc2ccc(CN3CCS(=O)(=O)CC3)cc2)cc1. The first-order valence-electron chi connectivity index (χ1n) is 14.6. The van der Waals surface area contributed by atoms with Gasteiger partial charge < -0.3 is 10.6 Å². The molecular weight excluding hydrogens is 534 g/mol. The third kappa shape index (κ3) is 7.83. The van der Waals surface area contributed by atoms with Crippen LogP contribution in [0.5, 0.6) is 0 Å². The average Bonchev–Trinajstić information content (AvgIpc) is 3.26. The molecule has 0 aromatic heterocycles. The summed E-state index contributed by atoms with van der Waals surface area (Å²) in [6.07, 6.45) is 6.61. The Hall–Kier alpha value is -3.49. The number of nitrogens with one attached hydrogen (secondary N) is 2. The molecule has 0 atom stereocenters. The van der Waals surface area contributed by atoms with Gasteiger partial charge in [-0.05, 0) is 78.4 Å². The summed E-state index contributed by atoms with van der Waals surface area (Å²) in [5.74, 6) is 0.437. The van der Waals surface area contributed by atoms with E-state index >= 15 is 0 Å². The lowest BCUT2D eigenvalue weighted by atomic mass is 9.97. The third-order valence-electron chi connectivity index (χ3n) is 8.24. The number of amides is 2. The topological polar surface area (TPSA) is 95.6 Å². The van der Waals surface area contributed by atoms with Gasteiger partial charge in [0, 0.05) is 42.5 Å². The van der Waals surface area contributed by atoms with Gasteiger partial charge in [-0.3, -0.25) is 14.5 Å². The summed E-state index contributed by atoms with van der Waals surface area (Å²) in [5.41, 5.74) is 6.25. The van der Waals surface area contributed by atoms with Crippen LogP contribution in [0, 0.1) is 12.8 Å². The molecule has 216 valence electrons. The third-order valence-corrected chi connectivity index (χ3v) is 9.85. The molecule has 1 heterocycles. The average molecular weight is 574 g/mol. The number of nitrogens with zero attached hydrogens (tertiary/aromatic N) is 1. The van der Waals surface area contributed by atoms with E-state index in [1.807, 2.05) is 73.7 Å². The summed E-state index contributed by atoms with van der Waals surface area (Å²) in [6, 6.07) is 21.2. The van der Waals surface area contributed by atoms with Crippen molar-refractivity contribution < 1.29 is 18.0 Å². The van der Waals surface area contributed by atoms with Crippen molar-refractivity contribution in [1.29, 1.82) is 0 Å². The molecule has 1 aliphatic carbocycles. The molecule has 1 saturated carbocycles. The Labute approximate surface area is 243 Å². The number of anilines is 2. The highest BCUT2D eigenvalue weighted by atomic mass is 32.2. The van der Waals surface area contributed by atoms with Crippen LogP contribution in [0.1, 0.15) is 60.0 Å². The standard InChI is InChI=1S/C33H39N3O4S/c1-24-8-15-30(35-32(37)27-6-4-2-3-5-7-27)22-31(24)26-11-13-28(14-12-26)33(38)34-29-16-9-25(10-17-29)23-36-18-20-41(39,40)21-19-36/h8-17,22,27H,2-7,18-21,23H2,1H3,(H,34,38)(H,35,37). The lowest BCUT2D eigenvalue weighted by molar-refractivity contribution is -0.120. The summed E-state index contributed by atoms with van der Waals surface area (Å²) in [6.45, 7) is 3.84. The maximum absolute atomic E-state index is 12.9. The number of aryl methyl sites for hydroxylation is 1. The number of hydrogen-bond acceptors (Lipinski definition) is 5. The maximum Gasteiger partial charge on any atom is 0.255 e. The van der Waals surface area contributed by atoms with Crippen LogP contribution in [0.4, 0.5) is 11.4 Å². The Bertz CT molecular complexity index is 1460. The molecule has 3 aromatic rings. The highest BCUT2D eigenvalue weighted by Crippen LogP contribution is 2.29. The Morgan fingerprint density at radius 1 is 0.805 bits per heavy atom. The minimum absolute atomic E-state index is 0.0899. The van der Waals surface area contributed by atoms with E-state index in [-0.39, 0.29) is 29.2 Å². The van der Waals surface area contributed by atoms with Gasteiger partial charge in [0.15, 0.2) is 9.84 Å². The second kappa shape index (κ2) is 13.0. The number of rotatable bonds is 7. The van der Waals surface area contributed by atoms with Crippen molar-refractivity contribution in [2.75, 3.05) is 35.2 Å². The van der Waals surface area contributed by atoms with Gasteiger partial charge in [-0.1, -0.05) is 56.0 Å². The maximum atomic E-state index is 12.9. The normalized spacial score (nSPS) is 17.9. The van der Waals surface area contributed by atoms with E-state index in [9.17, 15) is 18.0 Å². The summed E-state index contributed by atoms with van der Waals surface area (Å²) in [5, 5.41) is 6.09. The zero-order valence-electron chi connectivity index (χ0n) is 23.7. The molecule has 2 aliphatic rings. The first-order chi connectivity index (χ1) is 19.8. The smallest absolute Gasteiger partial charge is 0.255 e. The number of hydrogen-bond donors (Lipinski definition) is 2. The van der Waals surface area contributed by atoms with Crippen molar-refractivity contribution in [1.82, 2.24) is 4.90 Å². The van der Waals surface area contributed by atoms with Crippen LogP contribution in [-0.2, 0) is 21.2 Å². The predicted octanol–water partition coefficient (Wildman–Crippen LogP) is 6.05. The van der Waals surface area contributed by atoms with Gasteiger partial charge in [-0.25, -0.2) is 8.42 Å². The number of carbonyl (C=O) groups is 2. The van der Waals surface area contributed by atoms with E-state index in [1.54, 1.807) is 0 Å². The second-order valence-electron chi connectivity index (χ2n) is 11.4. The van der Waals surface area contributed by atoms with Gasteiger partial charge >= 0.3 is 0 Å². The largest absolute Gasteiger partial charge is 0.326 e. The number of carbonyl (C=O) groups excluding carboxylic acids is 2. The van der Waals surface area contributed by atoms with E-state index in [2.05, 4.69) is 15.5 Å². The molecule has 0 bridgehead atoms. The molecule has 8 heteroatoms. The zero-order valence-corrected chi connectivity index (χ0v) is 24.5.